The van der Waals surface area contributed by atoms with Crippen LogP contribution in [0.3, 0.4) is 0 Å². The van der Waals surface area contributed by atoms with E-state index in [1.807, 2.05) is 54.7 Å². The number of benzene rings is 2. The van der Waals surface area contributed by atoms with Crippen molar-refractivity contribution >= 4 is 13.3 Å². The summed E-state index contributed by atoms with van der Waals surface area (Å²) in [4.78, 5) is 13.1. The second kappa shape index (κ2) is 13.5. The Morgan fingerprint density at radius 2 is 1.42 bits per heavy atom. The van der Waals surface area contributed by atoms with Crippen LogP contribution in [0.25, 0.3) is 33.6 Å². The third-order valence-corrected chi connectivity index (χ3v) is 8.15. The molecule has 195 valence electrons. The van der Waals surface area contributed by atoms with Crippen LogP contribution in [-0.2, 0) is 20.1 Å². The van der Waals surface area contributed by atoms with Gasteiger partial charge in [-0.05, 0) is 46.0 Å². The van der Waals surface area contributed by atoms with E-state index in [0.29, 0.717) is 5.92 Å². The first kappa shape index (κ1) is 29.3. The van der Waals surface area contributed by atoms with Gasteiger partial charge in [-0.2, -0.15) is 11.6 Å². The molecule has 0 fully saturated rings. The molecule has 38 heavy (non-hydrogen) atoms. The van der Waals surface area contributed by atoms with Gasteiger partial charge in [0.05, 0.1) is 8.07 Å². The van der Waals surface area contributed by atoms with Gasteiger partial charge >= 0.3 is 0 Å². The number of aromatic nitrogens is 3. The fraction of sp³-hybridized carbons (Fsp3) is 0.182. The van der Waals surface area contributed by atoms with Crippen LogP contribution in [0.2, 0.25) is 19.6 Å². The molecule has 3 heterocycles. The first-order valence-corrected chi connectivity index (χ1v) is 16.1. The van der Waals surface area contributed by atoms with Gasteiger partial charge in [0, 0.05) is 32.5 Å². The molecule has 5 aromatic rings. The Balaban J connectivity index is 0.000000205. The van der Waals surface area contributed by atoms with Crippen molar-refractivity contribution in [1.82, 2.24) is 15.0 Å². The molecule has 0 bridgehead atoms. The van der Waals surface area contributed by atoms with Crippen LogP contribution in [0, 0.1) is 12.1 Å². The third-order valence-electron chi connectivity index (χ3n) is 6.12. The second-order valence-electron chi connectivity index (χ2n) is 10.3. The molecule has 0 amide bonds. The molecule has 0 saturated heterocycles. The average molecular weight is 692 g/mol. The summed E-state index contributed by atoms with van der Waals surface area (Å²) in [6.07, 6.45) is 7.39. The Morgan fingerprint density at radius 3 is 2.00 bits per heavy atom. The van der Waals surface area contributed by atoms with Crippen molar-refractivity contribution in [2.24, 2.45) is 0 Å². The van der Waals surface area contributed by atoms with Crippen LogP contribution in [0.1, 0.15) is 25.3 Å². The summed E-state index contributed by atoms with van der Waals surface area (Å²) >= 11 is 0. The smallest absolute Gasteiger partial charge is 0.0799 e. The van der Waals surface area contributed by atoms with E-state index < -0.39 is 8.07 Å². The first-order valence-electron chi connectivity index (χ1n) is 12.6. The van der Waals surface area contributed by atoms with Gasteiger partial charge in [0.2, 0.25) is 0 Å². The summed E-state index contributed by atoms with van der Waals surface area (Å²) in [7, 11) is -1.34. The zero-order valence-electron chi connectivity index (χ0n) is 22.6. The van der Waals surface area contributed by atoms with E-state index in [2.05, 4.69) is 97.1 Å². The molecule has 0 aliphatic heterocycles. The van der Waals surface area contributed by atoms with Crippen LogP contribution in [0.15, 0.2) is 104 Å². The minimum atomic E-state index is -1.34. The Kier molecular flexibility index (Phi) is 10.4. The zero-order chi connectivity index (χ0) is 26.3. The maximum atomic E-state index is 4.66. The number of pyridine rings is 3. The van der Waals surface area contributed by atoms with Gasteiger partial charge in [-0.15, -0.1) is 42.0 Å². The molecule has 3 aromatic heterocycles. The van der Waals surface area contributed by atoms with Crippen molar-refractivity contribution < 1.29 is 20.1 Å². The molecule has 5 heteroatoms. The van der Waals surface area contributed by atoms with E-state index in [0.717, 1.165) is 28.1 Å². The zero-order valence-corrected chi connectivity index (χ0v) is 26.0. The van der Waals surface area contributed by atoms with Gasteiger partial charge in [-0.1, -0.05) is 87.6 Å². The SMILES string of the molecule is CC(C)c1cc(-c2[c-]cccc2)ncc1[Si](C)(C)C.[Ir].[c-]1cnccc1-c1ccc(-c2ccccc2)cn1. The molecule has 0 spiro atoms. The Morgan fingerprint density at radius 1 is 0.711 bits per heavy atom. The summed E-state index contributed by atoms with van der Waals surface area (Å²) in [6.45, 7) is 11.7. The number of rotatable bonds is 5. The summed E-state index contributed by atoms with van der Waals surface area (Å²) in [5, 5.41) is 1.47. The summed E-state index contributed by atoms with van der Waals surface area (Å²) in [5.41, 5.74) is 7.73. The summed E-state index contributed by atoms with van der Waals surface area (Å²) in [5.74, 6) is 0.534. The largest absolute Gasteiger partial charge is 0.320 e. The molecule has 0 N–H and O–H groups in total. The molecule has 3 nitrogen and oxygen atoms in total. The maximum absolute atomic E-state index is 4.66. The molecule has 0 aliphatic rings. The molecule has 0 atom stereocenters. The first-order chi connectivity index (χ1) is 17.8. The quantitative estimate of drug-likeness (QED) is 0.139. The van der Waals surface area contributed by atoms with Crippen molar-refractivity contribution in [3.63, 3.8) is 0 Å². The molecular formula is C33H33IrN3Si-2. The van der Waals surface area contributed by atoms with Gasteiger partial charge in [-0.25, -0.2) is 0 Å². The maximum Gasteiger partial charge on any atom is 0.0799 e. The van der Waals surface area contributed by atoms with E-state index in [1.165, 1.54) is 16.3 Å². The van der Waals surface area contributed by atoms with Crippen molar-refractivity contribution in [3.05, 3.63) is 121 Å². The van der Waals surface area contributed by atoms with Crippen LogP contribution >= 0.6 is 0 Å². The minimum Gasteiger partial charge on any atom is -0.320 e. The van der Waals surface area contributed by atoms with Crippen molar-refractivity contribution in [3.8, 4) is 33.6 Å². The Hall–Kier alpha value is -3.24. The van der Waals surface area contributed by atoms with Crippen LogP contribution < -0.4 is 5.19 Å². The van der Waals surface area contributed by atoms with Crippen molar-refractivity contribution in [2.75, 3.05) is 0 Å². The molecule has 0 saturated carbocycles. The Bertz CT molecular complexity index is 1340. The average Bonchev–Trinajstić information content (AvgIpc) is 2.94. The van der Waals surface area contributed by atoms with E-state index >= 15 is 0 Å². The summed E-state index contributed by atoms with van der Waals surface area (Å²) < 4.78 is 0. The molecule has 2 aromatic carbocycles. The third kappa shape index (κ3) is 7.64. The molecule has 0 aliphatic carbocycles. The molecule has 0 unspecified atom stereocenters. The standard InChI is InChI=1S/C17H22NSi.C16H11N2.Ir/c1-13(2)15-11-16(14-9-7-6-8-10-14)18-12-17(15)19(3,4)5;1-2-4-13(5-3-1)15-6-7-16(18-12-15)14-8-10-17-11-9-14;/h6-9,11-13H,1-5H3;1-8,10-12H;/q2*-1;. The molecule has 1 radical (unpaired) electrons. The van der Waals surface area contributed by atoms with E-state index in [4.69, 9.17) is 0 Å². The van der Waals surface area contributed by atoms with E-state index in [9.17, 15) is 0 Å². The Labute approximate surface area is 241 Å². The monoisotopic (exact) mass is 692 g/mol. The minimum absolute atomic E-state index is 0. The van der Waals surface area contributed by atoms with Crippen LogP contribution in [0.4, 0.5) is 0 Å². The normalized spacial score (nSPS) is 10.8. The van der Waals surface area contributed by atoms with Gasteiger partial charge < -0.3 is 9.97 Å². The number of hydrogen-bond donors (Lipinski definition) is 0. The second-order valence-corrected chi connectivity index (χ2v) is 15.3. The van der Waals surface area contributed by atoms with Crippen molar-refractivity contribution in [2.45, 2.75) is 39.4 Å². The van der Waals surface area contributed by atoms with Gasteiger partial charge in [0.25, 0.3) is 0 Å². The van der Waals surface area contributed by atoms with Gasteiger partial charge in [0.1, 0.15) is 0 Å². The van der Waals surface area contributed by atoms with Gasteiger partial charge in [-0.3, -0.25) is 4.98 Å². The molecular weight excluding hydrogens is 659 g/mol. The van der Waals surface area contributed by atoms with Crippen LogP contribution in [-0.4, -0.2) is 23.0 Å². The number of nitrogens with zero attached hydrogens (tertiary/aromatic N) is 3. The fourth-order valence-corrected chi connectivity index (χ4v) is 5.78. The molecule has 5 rings (SSSR count). The topological polar surface area (TPSA) is 38.7 Å². The van der Waals surface area contributed by atoms with Crippen LogP contribution in [0.5, 0.6) is 0 Å². The van der Waals surface area contributed by atoms with Gasteiger partial charge in [0.15, 0.2) is 0 Å². The van der Waals surface area contributed by atoms with E-state index in [1.54, 1.807) is 12.4 Å². The predicted molar refractivity (Wildman–Crippen MR) is 157 cm³/mol. The fourth-order valence-electron chi connectivity index (χ4n) is 4.10. The summed E-state index contributed by atoms with van der Waals surface area (Å²) in [6, 6.07) is 32.8. The van der Waals surface area contributed by atoms with Crippen molar-refractivity contribution in [1.29, 1.82) is 0 Å². The number of hydrogen-bond acceptors (Lipinski definition) is 3. The van der Waals surface area contributed by atoms with E-state index in [-0.39, 0.29) is 20.1 Å². The predicted octanol–water partition coefficient (Wildman–Crippen LogP) is 7.83.